The number of nitrogens with one attached hydrogen (secondary N) is 1. The number of pyridine rings is 1. The van der Waals surface area contributed by atoms with Gasteiger partial charge in [0.15, 0.2) is 17.6 Å². The molecule has 1 atom stereocenters. The van der Waals surface area contributed by atoms with Gasteiger partial charge in [-0.3, -0.25) is 4.98 Å². The predicted molar refractivity (Wildman–Crippen MR) is 99.7 cm³/mol. The zero-order valence-electron chi connectivity index (χ0n) is 14.0. The van der Waals surface area contributed by atoms with E-state index in [1.807, 2.05) is 19.9 Å². The molecule has 0 spiro atoms. The highest BCUT2D eigenvalue weighted by Gasteiger charge is 2.20. The third kappa shape index (κ3) is 3.40. The minimum absolute atomic E-state index is 0.208. The van der Waals surface area contributed by atoms with Crippen LogP contribution in [0, 0.1) is 0 Å². The Bertz CT molecular complexity index is 888. The maximum Gasteiger partial charge on any atom is 0.176 e. The average Bonchev–Trinajstić information content (AvgIpc) is 3.02. The number of aliphatic hydroxyl groups excluding tert-OH is 1. The Kier molecular flexibility index (Phi) is 5.08. The van der Waals surface area contributed by atoms with Gasteiger partial charge in [-0.05, 0) is 18.2 Å². The molecule has 0 aliphatic heterocycles. The van der Waals surface area contributed by atoms with Crippen LogP contribution in [-0.2, 0) is 0 Å². The normalized spacial score (nSPS) is 12.6. The van der Waals surface area contributed by atoms with Gasteiger partial charge in [-0.25, -0.2) is 0 Å². The lowest BCUT2D eigenvalue weighted by Gasteiger charge is -2.17. The zero-order chi connectivity index (χ0) is 18.1. The van der Waals surface area contributed by atoms with Crippen LogP contribution in [0.15, 0.2) is 35.0 Å². The summed E-state index contributed by atoms with van der Waals surface area (Å²) in [4.78, 5) is 3.90. The Morgan fingerprint density at radius 2 is 1.88 bits per heavy atom. The van der Waals surface area contributed by atoms with Crippen molar-refractivity contribution >= 4 is 39.9 Å². The van der Waals surface area contributed by atoms with Crippen LogP contribution in [0.2, 0.25) is 10.0 Å². The van der Waals surface area contributed by atoms with Crippen LogP contribution >= 0.6 is 23.2 Å². The lowest BCUT2D eigenvalue weighted by atomic mass is 10.1. The first-order valence-electron chi connectivity index (χ1n) is 7.76. The molecule has 0 amide bonds. The molecular formula is C18H18Cl2N2O3. The number of aromatic nitrogens is 1. The molecule has 0 fully saturated rings. The topological polar surface area (TPSA) is 67.5 Å². The van der Waals surface area contributed by atoms with Crippen molar-refractivity contribution in [2.24, 2.45) is 0 Å². The molecule has 25 heavy (non-hydrogen) atoms. The first-order chi connectivity index (χ1) is 11.9. The van der Waals surface area contributed by atoms with Crippen LogP contribution in [0.1, 0.15) is 37.3 Å². The van der Waals surface area contributed by atoms with Crippen LogP contribution in [-0.4, -0.2) is 17.2 Å². The predicted octanol–water partition coefficient (Wildman–Crippen LogP) is 5.37. The number of ether oxygens (including phenoxy) is 1. The van der Waals surface area contributed by atoms with E-state index in [0.29, 0.717) is 32.6 Å². The SMILES string of the molecule is COc1ccc(C(O)Nc2c(Cl)cncc2Cl)c2cc(C(C)C)oc12. The monoisotopic (exact) mass is 380 g/mol. The van der Waals surface area contributed by atoms with Crippen LogP contribution in [0.5, 0.6) is 5.75 Å². The summed E-state index contributed by atoms with van der Waals surface area (Å²) in [6, 6.07) is 5.45. The molecule has 0 bridgehead atoms. The van der Waals surface area contributed by atoms with Gasteiger partial charge in [0.2, 0.25) is 0 Å². The highest BCUT2D eigenvalue weighted by atomic mass is 35.5. The van der Waals surface area contributed by atoms with Crippen molar-refractivity contribution in [2.75, 3.05) is 12.4 Å². The molecule has 0 saturated heterocycles. The van der Waals surface area contributed by atoms with Gasteiger partial charge in [0, 0.05) is 29.3 Å². The van der Waals surface area contributed by atoms with Gasteiger partial charge in [0.1, 0.15) is 5.76 Å². The van der Waals surface area contributed by atoms with Crippen molar-refractivity contribution in [3.63, 3.8) is 0 Å². The second-order valence-corrected chi connectivity index (χ2v) is 6.74. The maximum atomic E-state index is 10.7. The van der Waals surface area contributed by atoms with Gasteiger partial charge in [-0.1, -0.05) is 37.0 Å². The van der Waals surface area contributed by atoms with Crippen molar-refractivity contribution in [3.05, 3.63) is 52.0 Å². The van der Waals surface area contributed by atoms with Crippen molar-refractivity contribution in [1.82, 2.24) is 4.98 Å². The smallest absolute Gasteiger partial charge is 0.176 e. The van der Waals surface area contributed by atoms with E-state index in [1.165, 1.54) is 12.4 Å². The highest BCUT2D eigenvalue weighted by molar-refractivity contribution is 6.38. The zero-order valence-corrected chi connectivity index (χ0v) is 15.5. The first kappa shape index (κ1) is 17.9. The fourth-order valence-corrected chi connectivity index (χ4v) is 3.06. The molecular weight excluding hydrogens is 363 g/mol. The van der Waals surface area contributed by atoms with E-state index in [9.17, 15) is 5.11 Å². The standard InChI is InChI=1S/C18H18Cl2N2O3/c1-9(2)15-6-11-10(4-5-14(24-3)17(11)25-15)18(23)22-16-12(19)7-21-8-13(16)20/h4-9,18,23H,1-3H3,(H,21,22). The number of furan rings is 1. The summed E-state index contributed by atoms with van der Waals surface area (Å²) in [6.07, 6.45) is 1.88. The van der Waals surface area contributed by atoms with E-state index in [2.05, 4.69) is 10.3 Å². The summed E-state index contributed by atoms with van der Waals surface area (Å²) >= 11 is 12.2. The second kappa shape index (κ2) is 7.12. The molecule has 0 saturated carbocycles. The molecule has 0 aliphatic rings. The molecule has 1 aromatic carbocycles. The molecule has 5 nitrogen and oxygen atoms in total. The molecule has 0 radical (unpaired) electrons. The third-order valence-electron chi connectivity index (χ3n) is 3.92. The minimum Gasteiger partial charge on any atom is -0.493 e. The van der Waals surface area contributed by atoms with Gasteiger partial charge in [-0.15, -0.1) is 0 Å². The van der Waals surface area contributed by atoms with Crippen LogP contribution in [0.4, 0.5) is 5.69 Å². The van der Waals surface area contributed by atoms with Gasteiger partial charge in [0.25, 0.3) is 0 Å². The summed E-state index contributed by atoms with van der Waals surface area (Å²) in [5.41, 5.74) is 1.65. The van der Waals surface area contributed by atoms with Crippen LogP contribution < -0.4 is 10.1 Å². The number of rotatable bonds is 5. The number of aliphatic hydroxyl groups is 1. The molecule has 2 aromatic heterocycles. The van der Waals surface area contributed by atoms with Gasteiger partial charge < -0.3 is 19.6 Å². The van der Waals surface area contributed by atoms with E-state index in [0.717, 1.165) is 11.1 Å². The molecule has 0 aliphatic carbocycles. The average molecular weight is 381 g/mol. The number of nitrogens with zero attached hydrogens (tertiary/aromatic N) is 1. The molecule has 3 rings (SSSR count). The summed E-state index contributed by atoms with van der Waals surface area (Å²) < 4.78 is 11.3. The molecule has 7 heteroatoms. The number of anilines is 1. The Labute approximate surface area is 155 Å². The molecule has 1 unspecified atom stereocenters. The molecule has 3 aromatic rings. The number of hydrogen-bond acceptors (Lipinski definition) is 5. The molecule has 2 heterocycles. The summed E-state index contributed by atoms with van der Waals surface area (Å²) in [7, 11) is 1.58. The lowest BCUT2D eigenvalue weighted by molar-refractivity contribution is 0.209. The van der Waals surface area contributed by atoms with Gasteiger partial charge >= 0.3 is 0 Å². The summed E-state index contributed by atoms with van der Waals surface area (Å²) in [5.74, 6) is 1.63. The number of hydrogen-bond donors (Lipinski definition) is 2. The fraction of sp³-hybridized carbons (Fsp3) is 0.278. The maximum absolute atomic E-state index is 10.7. The Morgan fingerprint density at radius 3 is 2.48 bits per heavy atom. The quantitative estimate of drug-likeness (QED) is 0.582. The van der Waals surface area contributed by atoms with Crippen molar-refractivity contribution in [3.8, 4) is 5.75 Å². The Morgan fingerprint density at radius 1 is 1.20 bits per heavy atom. The molecule has 132 valence electrons. The van der Waals surface area contributed by atoms with Gasteiger partial charge in [-0.2, -0.15) is 0 Å². The van der Waals surface area contributed by atoms with Crippen molar-refractivity contribution in [1.29, 1.82) is 0 Å². The lowest BCUT2D eigenvalue weighted by Crippen LogP contribution is -2.11. The van der Waals surface area contributed by atoms with Gasteiger partial charge in [0.05, 0.1) is 22.8 Å². The van der Waals surface area contributed by atoms with E-state index < -0.39 is 6.23 Å². The Balaban J connectivity index is 2.05. The van der Waals surface area contributed by atoms with Crippen LogP contribution in [0.3, 0.4) is 0 Å². The summed E-state index contributed by atoms with van der Waals surface area (Å²) in [5, 5.41) is 15.1. The number of fused-ring (bicyclic) bond motifs is 1. The van der Waals surface area contributed by atoms with E-state index in [4.69, 9.17) is 32.4 Å². The van der Waals surface area contributed by atoms with Crippen molar-refractivity contribution in [2.45, 2.75) is 26.0 Å². The third-order valence-corrected chi connectivity index (χ3v) is 4.49. The van der Waals surface area contributed by atoms with Crippen molar-refractivity contribution < 1.29 is 14.3 Å². The van der Waals surface area contributed by atoms with E-state index in [-0.39, 0.29) is 5.92 Å². The highest BCUT2D eigenvalue weighted by Crippen LogP contribution is 2.38. The fourth-order valence-electron chi connectivity index (χ4n) is 2.59. The molecule has 2 N–H and O–H groups in total. The first-order valence-corrected chi connectivity index (χ1v) is 8.52. The van der Waals surface area contributed by atoms with Crippen LogP contribution in [0.25, 0.3) is 11.0 Å². The Hall–Kier alpha value is -1.95. The second-order valence-electron chi connectivity index (χ2n) is 5.93. The summed E-state index contributed by atoms with van der Waals surface area (Å²) in [6.45, 7) is 4.07. The minimum atomic E-state index is -1.04. The largest absolute Gasteiger partial charge is 0.493 e. The van der Waals surface area contributed by atoms with E-state index >= 15 is 0 Å². The van der Waals surface area contributed by atoms with E-state index in [1.54, 1.807) is 19.2 Å². The number of benzene rings is 1. The number of methoxy groups -OCH3 is 1. The number of halogens is 2.